The molecular weight excluding hydrogens is 387 g/mol. The Hall–Kier alpha value is -2.78. The fourth-order valence-electron chi connectivity index (χ4n) is 3.68. The van der Waals surface area contributed by atoms with E-state index in [9.17, 15) is 9.18 Å². The number of amides is 1. The van der Waals surface area contributed by atoms with Gasteiger partial charge in [0, 0.05) is 25.5 Å². The van der Waals surface area contributed by atoms with Gasteiger partial charge in [-0.25, -0.2) is 20.2 Å². The van der Waals surface area contributed by atoms with Crippen LogP contribution in [0.4, 0.5) is 16.0 Å². The minimum atomic E-state index is -0.446. The van der Waals surface area contributed by atoms with Crippen LogP contribution >= 0.6 is 0 Å². The van der Waals surface area contributed by atoms with Crippen molar-refractivity contribution in [1.29, 1.82) is 0 Å². The number of benzene rings is 1. The lowest BCUT2D eigenvalue weighted by Gasteiger charge is -2.43. The highest BCUT2D eigenvalue weighted by atomic mass is 19.1. The average molecular weight is 417 g/mol. The maximum absolute atomic E-state index is 14.5. The van der Waals surface area contributed by atoms with Crippen LogP contribution in [0.2, 0.25) is 0 Å². The number of rotatable bonds is 5. The summed E-state index contributed by atoms with van der Waals surface area (Å²) in [5.41, 5.74) is 3.60. The molecule has 1 aliphatic carbocycles. The van der Waals surface area contributed by atoms with E-state index in [-0.39, 0.29) is 16.9 Å². The van der Waals surface area contributed by atoms with Crippen LogP contribution in [0.25, 0.3) is 0 Å². The minimum absolute atomic E-state index is 0.228. The number of halogens is 1. The van der Waals surface area contributed by atoms with Crippen molar-refractivity contribution in [3.05, 3.63) is 47.5 Å². The lowest BCUT2D eigenvalue weighted by molar-refractivity contribution is 0.0953. The molecule has 4 rings (SSSR count). The number of nitrogen functional groups attached to an aromatic ring is 1. The van der Waals surface area contributed by atoms with Crippen LogP contribution in [0.3, 0.4) is 0 Å². The molecule has 1 saturated carbocycles. The van der Waals surface area contributed by atoms with Crippen LogP contribution in [-0.2, 0) is 10.3 Å². The first-order chi connectivity index (χ1) is 14.6. The number of nitrogens with one attached hydrogen (secondary N) is 2. The van der Waals surface area contributed by atoms with Crippen molar-refractivity contribution in [3.8, 4) is 0 Å². The summed E-state index contributed by atoms with van der Waals surface area (Å²) in [7, 11) is 0. The van der Waals surface area contributed by atoms with E-state index in [1.807, 2.05) is 30.9 Å². The number of carbonyl (C=O) groups excluding carboxylic acids is 1. The highest BCUT2D eigenvalue weighted by molar-refractivity contribution is 5.93. The fourth-order valence-corrected chi connectivity index (χ4v) is 3.68. The first-order valence-corrected chi connectivity index (χ1v) is 10.4. The molecule has 1 aromatic carbocycles. The second-order valence-corrected chi connectivity index (χ2v) is 7.10. The smallest absolute Gasteiger partial charge is 0.268 e. The first kappa shape index (κ1) is 21.9. The van der Waals surface area contributed by atoms with Gasteiger partial charge in [-0.3, -0.25) is 10.2 Å². The van der Waals surface area contributed by atoms with Crippen molar-refractivity contribution in [3.63, 3.8) is 0 Å². The van der Waals surface area contributed by atoms with Crippen LogP contribution in [0.5, 0.6) is 0 Å². The molecule has 8 nitrogen and oxygen atoms in total. The minimum Gasteiger partial charge on any atom is -0.378 e. The molecule has 2 aliphatic rings. The van der Waals surface area contributed by atoms with E-state index in [2.05, 4.69) is 20.7 Å². The number of carbonyl (C=O) groups is 1. The van der Waals surface area contributed by atoms with Crippen molar-refractivity contribution in [1.82, 2.24) is 15.4 Å². The highest BCUT2D eigenvalue weighted by Crippen LogP contribution is 2.44. The largest absolute Gasteiger partial charge is 0.378 e. The van der Waals surface area contributed by atoms with Crippen LogP contribution in [0.1, 0.15) is 49.0 Å². The summed E-state index contributed by atoms with van der Waals surface area (Å²) in [6, 6.07) is 5.27. The summed E-state index contributed by atoms with van der Waals surface area (Å²) in [6.45, 7) is 6.55. The Balaban J connectivity index is 0.00000124. The molecule has 1 amide bonds. The van der Waals surface area contributed by atoms with Gasteiger partial charge in [-0.2, -0.15) is 0 Å². The van der Waals surface area contributed by atoms with Gasteiger partial charge < -0.3 is 15.0 Å². The van der Waals surface area contributed by atoms with Crippen molar-refractivity contribution in [2.24, 2.45) is 5.84 Å². The second-order valence-electron chi connectivity index (χ2n) is 7.10. The normalized spacial score (nSPS) is 17.3. The summed E-state index contributed by atoms with van der Waals surface area (Å²) >= 11 is 0. The molecule has 0 bridgehead atoms. The van der Waals surface area contributed by atoms with E-state index in [4.69, 9.17) is 10.6 Å². The molecule has 0 atom stereocenters. The summed E-state index contributed by atoms with van der Waals surface area (Å²) in [6.07, 6.45) is 5.71. The predicted molar refractivity (Wildman–Crippen MR) is 114 cm³/mol. The van der Waals surface area contributed by atoms with Gasteiger partial charge in [-0.15, -0.1) is 0 Å². The van der Waals surface area contributed by atoms with E-state index >= 15 is 0 Å². The third kappa shape index (κ3) is 4.52. The van der Waals surface area contributed by atoms with E-state index in [0.717, 1.165) is 24.8 Å². The molecule has 162 valence electrons. The lowest BCUT2D eigenvalue weighted by atomic mass is 9.71. The molecule has 0 radical (unpaired) electrons. The maximum Gasteiger partial charge on any atom is 0.268 e. The van der Waals surface area contributed by atoms with E-state index in [1.54, 1.807) is 0 Å². The van der Waals surface area contributed by atoms with Gasteiger partial charge in [-0.05, 0) is 37.0 Å². The van der Waals surface area contributed by atoms with Gasteiger partial charge in [0.15, 0.2) is 0 Å². The quantitative estimate of drug-likeness (QED) is 0.391. The molecule has 1 aliphatic heterocycles. The Morgan fingerprint density at radius 3 is 2.43 bits per heavy atom. The second kappa shape index (κ2) is 9.82. The molecule has 2 heterocycles. The summed E-state index contributed by atoms with van der Waals surface area (Å²) in [4.78, 5) is 22.0. The molecule has 1 saturated heterocycles. The summed E-state index contributed by atoms with van der Waals surface area (Å²) < 4.78 is 19.8. The zero-order valence-corrected chi connectivity index (χ0v) is 17.4. The standard InChI is InChI=1S/C19H23FN6O2.C2H6/c20-15-3-2-14(10-16(15)26-6-8-28-9-7-26)19(4-1-5-19)24-18-22-11-13(12-23-18)17(27)25-21;1-2/h2-3,10-12H,1,4-9,21H2,(H,25,27)(H,22,23,24);1-2H3. The van der Waals surface area contributed by atoms with E-state index in [0.29, 0.717) is 37.9 Å². The molecular formula is C21H29FN6O2. The number of morpholine rings is 1. The molecule has 0 spiro atoms. The number of nitrogens with two attached hydrogens (primary N) is 1. The molecule has 4 N–H and O–H groups in total. The third-order valence-corrected chi connectivity index (χ3v) is 5.45. The molecule has 2 aromatic rings. The number of aromatic nitrogens is 2. The molecule has 9 heteroatoms. The van der Waals surface area contributed by atoms with Crippen molar-refractivity contribution in [2.45, 2.75) is 38.6 Å². The number of hydrogen-bond acceptors (Lipinski definition) is 7. The van der Waals surface area contributed by atoms with Crippen LogP contribution in [-0.4, -0.2) is 42.2 Å². The number of hydrogen-bond donors (Lipinski definition) is 3. The number of hydrazine groups is 1. The van der Waals surface area contributed by atoms with Gasteiger partial charge in [0.25, 0.3) is 5.91 Å². The predicted octanol–water partition coefficient (Wildman–Crippen LogP) is 2.57. The Morgan fingerprint density at radius 2 is 1.87 bits per heavy atom. The van der Waals surface area contributed by atoms with Gasteiger partial charge in [0.2, 0.25) is 5.95 Å². The zero-order chi connectivity index (χ0) is 21.6. The van der Waals surface area contributed by atoms with Crippen molar-refractivity contribution >= 4 is 17.5 Å². The number of nitrogens with zero attached hydrogens (tertiary/aromatic N) is 3. The van der Waals surface area contributed by atoms with Gasteiger partial charge in [0.05, 0.1) is 30.0 Å². The Morgan fingerprint density at radius 1 is 1.20 bits per heavy atom. The number of anilines is 2. The molecule has 0 unspecified atom stereocenters. The zero-order valence-electron chi connectivity index (χ0n) is 17.4. The van der Waals surface area contributed by atoms with Crippen LogP contribution < -0.4 is 21.5 Å². The van der Waals surface area contributed by atoms with Crippen LogP contribution in [0.15, 0.2) is 30.6 Å². The maximum atomic E-state index is 14.5. The third-order valence-electron chi connectivity index (χ3n) is 5.45. The monoisotopic (exact) mass is 416 g/mol. The van der Waals surface area contributed by atoms with E-state index < -0.39 is 5.91 Å². The van der Waals surface area contributed by atoms with Gasteiger partial charge in [-0.1, -0.05) is 19.9 Å². The summed E-state index contributed by atoms with van der Waals surface area (Å²) in [5, 5.41) is 3.39. The highest BCUT2D eigenvalue weighted by Gasteiger charge is 2.40. The SMILES string of the molecule is CC.NNC(=O)c1cnc(NC2(c3ccc(F)c(N4CCOCC4)c3)CCC2)nc1. The lowest BCUT2D eigenvalue weighted by Crippen LogP contribution is -2.43. The van der Waals surface area contributed by atoms with Crippen LogP contribution in [0, 0.1) is 5.82 Å². The molecule has 1 aromatic heterocycles. The van der Waals surface area contributed by atoms with Gasteiger partial charge in [0.1, 0.15) is 5.82 Å². The first-order valence-electron chi connectivity index (χ1n) is 10.4. The fraction of sp³-hybridized carbons (Fsp3) is 0.476. The summed E-state index contributed by atoms with van der Waals surface area (Å²) in [5.74, 6) is 4.87. The van der Waals surface area contributed by atoms with E-state index in [1.165, 1.54) is 18.5 Å². The Kier molecular flexibility index (Phi) is 7.17. The average Bonchev–Trinajstić information content (AvgIpc) is 2.78. The van der Waals surface area contributed by atoms with Gasteiger partial charge >= 0.3 is 0 Å². The number of ether oxygens (including phenoxy) is 1. The topological polar surface area (TPSA) is 105 Å². The van der Waals surface area contributed by atoms with Crippen molar-refractivity contribution < 1.29 is 13.9 Å². The molecule has 30 heavy (non-hydrogen) atoms. The molecule has 2 fully saturated rings. The Labute approximate surface area is 176 Å². The Bertz CT molecular complexity index is 851. The van der Waals surface area contributed by atoms with Crippen molar-refractivity contribution in [2.75, 3.05) is 36.5 Å².